The molecule has 3 aliphatic rings. The number of hydrogen-bond donors (Lipinski definition) is 1. The SMILES string of the molecule is CC(c1ccnc(N)c1)N1CCC(C(=O)N2CCC(CN3CCc4ccccc4CC3)CC2)CC1. The molecule has 6 nitrogen and oxygen atoms in total. The largest absolute Gasteiger partial charge is 0.384 e. The summed E-state index contributed by atoms with van der Waals surface area (Å²) in [6, 6.07) is 13.3. The molecule has 4 heterocycles. The summed E-state index contributed by atoms with van der Waals surface area (Å²) < 4.78 is 0. The molecule has 2 aromatic rings. The predicted molar refractivity (Wildman–Crippen MR) is 141 cm³/mol. The Labute approximate surface area is 210 Å². The number of anilines is 1. The summed E-state index contributed by atoms with van der Waals surface area (Å²) in [5.74, 6) is 1.87. The Hall–Kier alpha value is -2.44. The van der Waals surface area contributed by atoms with Crippen LogP contribution in [0.3, 0.4) is 0 Å². The second kappa shape index (κ2) is 11.1. The van der Waals surface area contributed by atoms with Gasteiger partial charge in [-0.15, -0.1) is 0 Å². The van der Waals surface area contributed by atoms with Gasteiger partial charge in [0.05, 0.1) is 0 Å². The third-order valence-electron chi connectivity index (χ3n) is 8.67. The lowest BCUT2D eigenvalue weighted by atomic mass is 9.91. The summed E-state index contributed by atoms with van der Waals surface area (Å²) in [7, 11) is 0. The number of rotatable bonds is 5. The first kappa shape index (κ1) is 24.3. The number of carbonyl (C=O) groups is 1. The van der Waals surface area contributed by atoms with Crippen molar-refractivity contribution in [2.75, 3.05) is 51.5 Å². The number of nitrogen functional groups attached to an aromatic ring is 1. The second-order valence-electron chi connectivity index (χ2n) is 10.8. The molecule has 0 saturated carbocycles. The number of hydrogen-bond acceptors (Lipinski definition) is 5. The highest BCUT2D eigenvalue weighted by atomic mass is 16.2. The lowest BCUT2D eigenvalue weighted by Gasteiger charge is -2.39. The zero-order valence-electron chi connectivity index (χ0n) is 21.2. The van der Waals surface area contributed by atoms with E-state index in [1.54, 1.807) is 6.20 Å². The molecule has 2 saturated heterocycles. The summed E-state index contributed by atoms with van der Waals surface area (Å²) in [6.07, 6.45) is 8.32. The van der Waals surface area contributed by atoms with Crippen LogP contribution in [0.15, 0.2) is 42.6 Å². The van der Waals surface area contributed by atoms with Crippen molar-refractivity contribution in [2.24, 2.45) is 11.8 Å². The molecule has 2 fully saturated rings. The van der Waals surface area contributed by atoms with Crippen molar-refractivity contribution in [2.45, 2.75) is 51.5 Å². The smallest absolute Gasteiger partial charge is 0.225 e. The first-order valence-corrected chi connectivity index (χ1v) is 13.6. The Morgan fingerprint density at radius 3 is 2.26 bits per heavy atom. The molecule has 1 aromatic heterocycles. The third kappa shape index (κ3) is 5.87. The van der Waals surface area contributed by atoms with Gasteiger partial charge in [0.1, 0.15) is 5.82 Å². The van der Waals surface area contributed by atoms with Crippen LogP contribution in [0.1, 0.15) is 55.3 Å². The molecule has 0 aliphatic carbocycles. The molecule has 6 heteroatoms. The van der Waals surface area contributed by atoms with Crippen molar-refractivity contribution in [3.8, 4) is 0 Å². The lowest BCUT2D eigenvalue weighted by molar-refractivity contribution is -0.138. The number of pyridine rings is 1. The molecular formula is C29H41N5O. The number of fused-ring (bicyclic) bond motifs is 1. The van der Waals surface area contributed by atoms with Crippen LogP contribution in [-0.4, -0.2) is 71.4 Å². The van der Waals surface area contributed by atoms with Crippen LogP contribution < -0.4 is 5.73 Å². The zero-order valence-corrected chi connectivity index (χ0v) is 21.2. The molecule has 0 radical (unpaired) electrons. The predicted octanol–water partition coefficient (Wildman–Crippen LogP) is 3.78. The highest BCUT2D eigenvalue weighted by Crippen LogP contribution is 2.29. The quantitative estimate of drug-likeness (QED) is 0.713. The van der Waals surface area contributed by atoms with Gasteiger partial charge in [-0.05, 0) is 93.3 Å². The van der Waals surface area contributed by atoms with Crippen LogP contribution in [0.4, 0.5) is 5.82 Å². The fourth-order valence-corrected chi connectivity index (χ4v) is 6.33. The van der Waals surface area contributed by atoms with Crippen molar-refractivity contribution >= 4 is 11.7 Å². The van der Waals surface area contributed by atoms with E-state index in [0.717, 1.165) is 57.8 Å². The maximum Gasteiger partial charge on any atom is 0.225 e. The zero-order chi connectivity index (χ0) is 24.2. The van der Waals surface area contributed by atoms with Gasteiger partial charge in [-0.3, -0.25) is 9.69 Å². The van der Waals surface area contributed by atoms with E-state index in [0.29, 0.717) is 17.8 Å². The van der Waals surface area contributed by atoms with Gasteiger partial charge < -0.3 is 15.5 Å². The first-order valence-electron chi connectivity index (χ1n) is 13.6. The summed E-state index contributed by atoms with van der Waals surface area (Å²) >= 11 is 0. The number of likely N-dealkylation sites (tertiary alicyclic amines) is 2. The van der Waals surface area contributed by atoms with Gasteiger partial charge in [0.15, 0.2) is 0 Å². The summed E-state index contributed by atoms with van der Waals surface area (Å²) in [4.78, 5) is 24.7. The minimum absolute atomic E-state index is 0.182. The Kier molecular flexibility index (Phi) is 7.69. The molecule has 0 bridgehead atoms. The Morgan fingerprint density at radius 1 is 0.971 bits per heavy atom. The van der Waals surface area contributed by atoms with Crippen LogP contribution in [0.25, 0.3) is 0 Å². The van der Waals surface area contributed by atoms with E-state index in [4.69, 9.17) is 5.73 Å². The van der Waals surface area contributed by atoms with Crippen molar-refractivity contribution < 1.29 is 4.79 Å². The highest BCUT2D eigenvalue weighted by Gasteiger charge is 2.32. The van der Waals surface area contributed by atoms with E-state index < -0.39 is 0 Å². The van der Waals surface area contributed by atoms with Crippen LogP contribution in [0.5, 0.6) is 0 Å². The monoisotopic (exact) mass is 475 g/mol. The van der Waals surface area contributed by atoms with E-state index in [1.165, 1.54) is 49.2 Å². The lowest BCUT2D eigenvalue weighted by Crippen LogP contribution is -2.47. The number of carbonyl (C=O) groups excluding carboxylic acids is 1. The number of nitrogens with zero attached hydrogens (tertiary/aromatic N) is 4. The number of aromatic nitrogens is 1. The molecule has 3 aliphatic heterocycles. The maximum atomic E-state index is 13.3. The fourth-order valence-electron chi connectivity index (χ4n) is 6.33. The molecule has 1 aromatic carbocycles. The van der Waals surface area contributed by atoms with E-state index in [9.17, 15) is 4.79 Å². The standard InChI is InChI=1S/C29H41N5O/c1-22(27-6-13-31-28(30)20-27)33-18-11-26(12-19-33)29(35)34-16-7-23(8-17-34)21-32-14-9-24-4-2-3-5-25(24)10-15-32/h2-6,13,20,22-23,26H,7-12,14-19,21H2,1H3,(H2,30,31). The molecule has 2 N–H and O–H groups in total. The van der Waals surface area contributed by atoms with E-state index in [2.05, 4.69) is 50.9 Å². The summed E-state index contributed by atoms with van der Waals surface area (Å²) in [5.41, 5.74) is 10.1. The van der Waals surface area contributed by atoms with Crippen molar-refractivity contribution in [3.63, 3.8) is 0 Å². The Bertz CT molecular complexity index is 967. The van der Waals surface area contributed by atoms with Gasteiger partial charge in [-0.2, -0.15) is 0 Å². The normalized spacial score (nSPS) is 21.9. The summed E-state index contributed by atoms with van der Waals surface area (Å²) in [6.45, 7) is 9.55. The van der Waals surface area contributed by atoms with Gasteiger partial charge in [0.2, 0.25) is 5.91 Å². The van der Waals surface area contributed by atoms with Gasteiger partial charge >= 0.3 is 0 Å². The van der Waals surface area contributed by atoms with E-state index >= 15 is 0 Å². The average Bonchev–Trinajstić information content (AvgIpc) is 3.11. The minimum atomic E-state index is 0.182. The Morgan fingerprint density at radius 2 is 1.63 bits per heavy atom. The summed E-state index contributed by atoms with van der Waals surface area (Å²) in [5, 5.41) is 0. The Balaban J connectivity index is 1.05. The number of piperidine rings is 2. The fraction of sp³-hybridized carbons (Fsp3) is 0.586. The first-order chi connectivity index (χ1) is 17.1. The number of nitrogens with two attached hydrogens (primary N) is 1. The van der Waals surface area contributed by atoms with Gasteiger partial charge in [-0.25, -0.2) is 4.98 Å². The highest BCUT2D eigenvalue weighted by molar-refractivity contribution is 5.79. The average molecular weight is 476 g/mol. The van der Waals surface area contributed by atoms with Gasteiger partial charge in [0, 0.05) is 50.9 Å². The van der Waals surface area contributed by atoms with Gasteiger partial charge in [-0.1, -0.05) is 24.3 Å². The van der Waals surface area contributed by atoms with Gasteiger partial charge in [0.25, 0.3) is 0 Å². The van der Waals surface area contributed by atoms with Crippen LogP contribution in [-0.2, 0) is 17.6 Å². The molecule has 1 amide bonds. The second-order valence-corrected chi connectivity index (χ2v) is 10.8. The minimum Gasteiger partial charge on any atom is -0.384 e. The van der Waals surface area contributed by atoms with Crippen LogP contribution >= 0.6 is 0 Å². The number of benzene rings is 1. The van der Waals surface area contributed by atoms with Crippen LogP contribution in [0.2, 0.25) is 0 Å². The molecule has 5 rings (SSSR count). The van der Waals surface area contributed by atoms with E-state index in [-0.39, 0.29) is 5.92 Å². The number of amides is 1. The molecule has 1 atom stereocenters. The topological polar surface area (TPSA) is 65.7 Å². The molecule has 188 valence electrons. The third-order valence-corrected chi connectivity index (χ3v) is 8.67. The molecule has 35 heavy (non-hydrogen) atoms. The van der Waals surface area contributed by atoms with E-state index in [1.807, 2.05) is 12.1 Å². The van der Waals surface area contributed by atoms with Crippen molar-refractivity contribution in [1.29, 1.82) is 0 Å². The molecule has 0 spiro atoms. The van der Waals surface area contributed by atoms with Crippen molar-refractivity contribution in [3.05, 3.63) is 59.3 Å². The molecule has 1 unspecified atom stereocenters. The molecular weight excluding hydrogens is 434 g/mol. The van der Waals surface area contributed by atoms with Crippen molar-refractivity contribution in [1.82, 2.24) is 19.7 Å². The maximum absolute atomic E-state index is 13.3. The van der Waals surface area contributed by atoms with Crippen LogP contribution in [0, 0.1) is 11.8 Å².